The van der Waals surface area contributed by atoms with Crippen LogP contribution >= 0.6 is 0 Å². The molecule has 0 bridgehead atoms. The number of hydrogen-bond donors (Lipinski definition) is 0. The summed E-state index contributed by atoms with van der Waals surface area (Å²) in [7, 11) is 0. The van der Waals surface area contributed by atoms with Crippen molar-refractivity contribution in [1.82, 2.24) is 15.0 Å². The molecular weight excluding hydrogens is 360 g/mol. The van der Waals surface area contributed by atoms with E-state index in [0.29, 0.717) is 30.2 Å². The van der Waals surface area contributed by atoms with Crippen LogP contribution in [0.5, 0.6) is 0 Å². The summed E-state index contributed by atoms with van der Waals surface area (Å²) >= 11 is 0. The number of nitro groups is 1. The molecule has 0 saturated heterocycles. The maximum Gasteiger partial charge on any atom is 0.270 e. The van der Waals surface area contributed by atoms with Crippen molar-refractivity contribution in [3.63, 3.8) is 0 Å². The molecule has 3 rings (SSSR count). The number of amides is 1. The molecule has 1 aliphatic carbocycles. The number of carbonyl (C=O) groups excluding carboxylic acids is 1. The number of benzene rings is 1. The van der Waals surface area contributed by atoms with Gasteiger partial charge in [0, 0.05) is 43.1 Å². The number of rotatable bonds is 9. The molecule has 0 aliphatic heterocycles. The van der Waals surface area contributed by atoms with Gasteiger partial charge in [0.2, 0.25) is 17.6 Å². The number of nitro benzene ring substituents is 1. The first-order valence-corrected chi connectivity index (χ1v) is 9.94. The Bertz CT molecular complexity index is 814. The van der Waals surface area contributed by atoms with Crippen molar-refractivity contribution in [2.75, 3.05) is 13.1 Å². The second-order valence-electron chi connectivity index (χ2n) is 7.23. The zero-order valence-electron chi connectivity index (χ0n) is 16.2. The summed E-state index contributed by atoms with van der Waals surface area (Å²) in [4.78, 5) is 29.6. The molecule has 1 aromatic carbocycles. The lowest BCUT2D eigenvalue weighted by Crippen LogP contribution is -2.37. The van der Waals surface area contributed by atoms with Gasteiger partial charge in [0.1, 0.15) is 0 Å². The van der Waals surface area contributed by atoms with E-state index in [0.717, 1.165) is 45.1 Å². The summed E-state index contributed by atoms with van der Waals surface area (Å²) in [6.07, 6.45) is 6.72. The van der Waals surface area contributed by atoms with Crippen LogP contribution in [0.4, 0.5) is 5.69 Å². The molecule has 8 nitrogen and oxygen atoms in total. The molecule has 1 fully saturated rings. The lowest BCUT2D eigenvalue weighted by atomic mass is 10.1. The largest absolute Gasteiger partial charge is 0.342 e. The molecule has 0 N–H and O–H groups in total. The fourth-order valence-corrected chi connectivity index (χ4v) is 3.57. The predicted molar refractivity (Wildman–Crippen MR) is 104 cm³/mol. The monoisotopic (exact) mass is 386 g/mol. The van der Waals surface area contributed by atoms with Gasteiger partial charge in [-0.25, -0.2) is 0 Å². The third kappa shape index (κ3) is 4.94. The SMILES string of the molecule is CCCCN(CCc1nc(-c2cccc([N+](=O)[O-])c2)no1)C(=O)C1CCCC1. The van der Waals surface area contributed by atoms with E-state index in [1.807, 2.05) is 4.90 Å². The fourth-order valence-electron chi connectivity index (χ4n) is 3.57. The molecule has 1 aliphatic rings. The highest BCUT2D eigenvalue weighted by Crippen LogP contribution is 2.27. The molecule has 28 heavy (non-hydrogen) atoms. The first-order valence-electron chi connectivity index (χ1n) is 9.94. The minimum atomic E-state index is -0.454. The lowest BCUT2D eigenvalue weighted by molar-refractivity contribution is -0.384. The van der Waals surface area contributed by atoms with Gasteiger partial charge in [-0.15, -0.1) is 0 Å². The van der Waals surface area contributed by atoms with Crippen LogP contribution in [0.15, 0.2) is 28.8 Å². The summed E-state index contributed by atoms with van der Waals surface area (Å²) in [5, 5.41) is 14.9. The van der Waals surface area contributed by atoms with E-state index in [9.17, 15) is 14.9 Å². The van der Waals surface area contributed by atoms with Crippen molar-refractivity contribution < 1.29 is 14.2 Å². The molecule has 0 radical (unpaired) electrons. The molecule has 1 saturated carbocycles. The third-order valence-electron chi connectivity index (χ3n) is 5.18. The van der Waals surface area contributed by atoms with Crippen molar-refractivity contribution in [3.8, 4) is 11.4 Å². The van der Waals surface area contributed by atoms with E-state index in [1.54, 1.807) is 12.1 Å². The van der Waals surface area contributed by atoms with E-state index in [2.05, 4.69) is 17.1 Å². The summed E-state index contributed by atoms with van der Waals surface area (Å²) in [6, 6.07) is 6.14. The molecule has 1 heterocycles. The van der Waals surface area contributed by atoms with E-state index >= 15 is 0 Å². The molecule has 0 spiro atoms. The Labute approximate surface area is 164 Å². The first-order chi connectivity index (χ1) is 13.6. The minimum Gasteiger partial charge on any atom is -0.342 e. The number of non-ortho nitro benzene ring substituents is 1. The Morgan fingerprint density at radius 3 is 2.82 bits per heavy atom. The topological polar surface area (TPSA) is 102 Å². The number of unbranched alkanes of at least 4 members (excludes halogenated alkanes) is 1. The summed E-state index contributed by atoms with van der Waals surface area (Å²) in [5.41, 5.74) is 0.519. The van der Waals surface area contributed by atoms with Crippen molar-refractivity contribution in [2.24, 2.45) is 5.92 Å². The van der Waals surface area contributed by atoms with E-state index in [1.165, 1.54) is 12.1 Å². The zero-order chi connectivity index (χ0) is 19.9. The highest BCUT2D eigenvalue weighted by Gasteiger charge is 2.27. The van der Waals surface area contributed by atoms with Crippen LogP contribution in [0.3, 0.4) is 0 Å². The van der Waals surface area contributed by atoms with Crippen LogP contribution in [-0.2, 0) is 11.2 Å². The maximum atomic E-state index is 12.8. The Morgan fingerprint density at radius 2 is 2.11 bits per heavy atom. The standard InChI is InChI=1S/C20H26N4O4/c1-2-3-12-23(20(25)15-7-4-5-8-15)13-11-18-21-19(22-28-18)16-9-6-10-17(14-16)24(26)27/h6,9-10,14-15H,2-5,7-8,11-13H2,1H3. The summed E-state index contributed by atoms with van der Waals surface area (Å²) < 4.78 is 5.31. The van der Waals surface area contributed by atoms with Crippen LogP contribution in [0.25, 0.3) is 11.4 Å². The average molecular weight is 386 g/mol. The van der Waals surface area contributed by atoms with Gasteiger partial charge in [0.25, 0.3) is 5.69 Å². The number of nitrogens with zero attached hydrogens (tertiary/aromatic N) is 4. The van der Waals surface area contributed by atoms with Crippen LogP contribution in [-0.4, -0.2) is 39.0 Å². The highest BCUT2D eigenvalue weighted by molar-refractivity contribution is 5.79. The van der Waals surface area contributed by atoms with Crippen LogP contribution < -0.4 is 0 Å². The van der Waals surface area contributed by atoms with Crippen molar-refractivity contribution >= 4 is 11.6 Å². The van der Waals surface area contributed by atoms with Gasteiger partial charge in [-0.2, -0.15) is 4.98 Å². The predicted octanol–water partition coefficient (Wildman–Crippen LogP) is 4.01. The van der Waals surface area contributed by atoms with E-state index in [4.69, 9.17) is 4.52 Å². The van der Waals surface area contributed by atoms with Crippen molar-refractivity contribution in [3.05, 3.63) is 40.3 Å². The van der Waals surface area contributed by atoms with Gasteiger partial charge in [0.05, 0.1) is 4.92 Å². The molecule has 150 valence electrons. The van der Waals surface area contributed by atoms with Gasteiger partial charge in [0.15, 0.2) is 0 Å². The van der Waals surface area contributed by atoms with E-state index < -0.39 is 4.92 Å². The highest BCUT2D eigenvalue weighted by atomic mass is 16.6. The van der Waals surface area contributed by atoms with Crippen molar-refractivity contribution in [1.29, 1.82) is 0 Å². The van der Waals surface area contributed by atoms with Gasteiger partial charge in [-0.1, -0.05) is 43.5 Å². The van der Waals surface area contributed by atoms with Gasteiger partial charge < -0.3 is 9.42 Å². The van der Waals surface area contributed by atoms with Gasteiger partial charge in [-0.05, 0) is 19.3 Å². The Hall–Kier alpha value is -2.77. The molecule has 8 heteroatoms. The van der Waals surface area contributed by atoms with Crippen LogP contribution in [0, 0.1) is 16.0 Å². The first kappa shape index (κ1) is 20.0. The van der Waals surface area contributed by atoms with Crippen LogP contribution in [0.1, 0.15) is 51.3 Å². The molecule has 2 aromatic rings. The fraction of sp³-hybridized carbons (Fsp3) is 0.550. The zero-order valence-corrected chi connectivity index (χ0v) is 16.2. The number of aromatic nitrogens is 2. The quantitative estimate of drug-likeness (QED) is 0.477. The molecule has 1 amide bonds. The Balaban J connectivity index is 1.64. The van der Waals surface area contributed by atoms with Gasteiger partial charge >= 0.3 is 0 Å². The minimum absolute atomic E-state index is 0.0169. The molecule has 0 atom stereocenters. The van der Waals surface area contributed by atoms with Gasteiger partial charge in [-0.3, -0.25) is 14.9 Å². The third-order valence-corrected chi connectivity index (χ3v) is 5.18. The van der Waals surface area contributed by atoms with Crippen LogP contribution in [0.2, 0.25) is 0 Å². The second kappa shape index (κ2) is 9.43. The molecule has 0 unspecified atom stereocenters. The second-order valence-corrected chi connectivity index (χ2v) is 7.23. The maximum absolute atomic E-state index is 12.8. The molecular formula is C20H26N4O4. The smallest absolute Gasteiger partial charge is 0.270 e. The average Bonchev–Trinajstić information content (AvgIpc) is 3.40. The normalized spacial score (nSPS) is 14.3. The van der Waals surface area contributed by atoms with Crippen molar-refractivity contribution in [2.45, 2.75) is 51.9 Å². The van der Waals surface area contributed by atoms with E-state index in [-0.39, 0.29) is 17.5 Å². The summed E-state index contributed by atoms with van der Waals surface area (Å²) in [6.45, 7) is 3.41. The molecule has 1 aromatic heterocycles. The number of carbonyl (C=O) groups is 1. The Kier molecular flexibility index (Phi) is 6.73. The Morgan fingerprint density at radius 1 is 1.32 bits per heavy atom. The lowest BCUT2D eigenvalue weighted by Gasteiger charge is -2.25. The number of hydrogen-bond acceptors (Lipinski definition) is 6. The summed E-state index contributed by atoms with van der Waals surface area (Å²) in [5.74, 6) is 1.15.